The molecule has 0 aliphatic heterocycles. The van der Waals surface area contributed by atoms with Gasteiger partial charge in [-0.15, -0.1) is 11.6 Å². The van der Waals surface area contributed by atoms with Crippen molar-refractivity contribution in [1.82, 2.24) is 0 Å². The number of nitro groups is 1. The smallest absolute Gasteiger partial charge is 0.313 e. The lowest BCUT2D eigenvalue weighted by atomic mass is 9.93. The molecule has 0 saturated heterocycles. The number of non-ortho nitro benzene ring substituents is 1. The molecule has 1 atom stereocenters. The first-order valence-electron chi connectivity index (χ1n) is 6.09. The SMILES string of the molecule is COC(=O)C(CCCCCl)c1cc([N+](=O)[O-])ccc1Cl. The molecule has 0 bridgehead atoms. The molecule has 0 N–H and O–H groups in total. The lowest BCUT2D eigenvalue weighted by molar-refractivity contribution is -0.384. The maximum absolute atomic E-state index is 11.9. The van der Waals surface area contributed by atoms with Crippen LogP contribution in [-0.2, 0) is 9.53 Å². The number of alkyl halides is 1. The molecule has 20 heavy (non-hydrogen) atoms. The molecule has 1 rings (SSSR count). The van der Waals surface area contributed by atoms with Crippen molar-refractivity contribution in [3.05, 3.63) is 38.9 Å². The molecule has 0 heterocycles. The number of nitrogens with zero attached hydrogens (tertiary/aromatic N) is 1. The Kier molecular flexibility index (Phi) is 6.75. The molecule has 0 saturated carbocycles. The van der Waals surface area contributed by atoms with Crippen molar-refractivity contribution in [3.63, 3.8) is 0 Å². The average molecular weight is 320 g/mol. The average Bonchev–Trinajstić information content (AvgIpc) is 2.43. The molecule has 1 aromatic rings. The molecule has 110 valence electrons. The minimum atomic E-state index is -0.615. The van der Waals surface area contributed by atoms with Crippen LogP contribution in [0.4, 0.5) is 5.69 Å². The van der Waals surface area contributed by atoms with Gasteiger partial charge in [0.25, 0.3) is 5.69 Å². The molecule has 0 aliphatic carbocycles. The van der Waals surface area contributed by atoms with Crippen molar-refractivity contribution in [2.45, 2.75) is 25.2 Å². The molecule has 0 spiro atoms. The second kappa shape index (κ2) is 8.07. The van der Waals surface area contributed by atoms with Gasteiger partial charge in [0, 0.05) is 23.0 Å². The van der Waals surface area contributed by atoms with Crippen LogP contribution in [0.25, 0.3) is 0 Å². The minimum absolute atomic E-state index is 0.101. The number of carbonyl (C=O) groups is 1. The quantitative estimate of drug-likeness (QED) is 0.251. The van der Waals surface area contributed by atoms with E-state index in [0.717, 1.165) is 6.42 Å². The highest BCUT2D eigenvalue weighted by atomic mass is 35.5. The normalized spacial score (nSPS) is 11.9. The Bertz CT molecular complexity index is 493. The summed E-state index contributed by atoms with van der Waals surface area (Å²) in [5.74, 6) is -0.575. The van der Waals surface area contributed by atoms with Crippen LogP contribution >= 0.6 is 23.2 Å². The summed E-state index contributed by atoms with van der Waals surface area (Å²) in [4.78, 5) is 22.2. The molecular weight excluding hydrogens is 305 g/mol. The van der Waals surface area contributed by atoms with Gasteiger partial charge < -0.3 is 4.74 Å². The number of nitro benzene ring substituents is 1. The number of hydrogen-bond acceptors (Lipinski definition) is 4. The topological polar surface area (TPSA) is 69.4 Å². The molecule has 1 unspecified atom stereocenters. The van der Waals surface area contributed by atoms with Gasteiger partial charge in [-0.25, -0.2) is 0 Å². The summed E-state index contributed by atoms with van der Waals surface area (Å²) in [7, 11) is 1.28. The molecule has 0 fully saturated rings. The predicted octanol–water partition coefficient (Wildman–Crippen LogP) is 3.91. The van der Waals surface area contributed by atoms with E-state index in [1.54, 1.807) is 0 Å². The highest BCUT2D eigenvalue weighted by Crippen LogP contribution is 2.32. The molecule has 1 aromatic carbocycles. The van der Waals surface area contributed by atoms with Gasteiger partial charge in [-0.2, -0.15) is 0 Å². The van der Waals surface area contributed by atoms with Gasteiger partial charge in [-0.3, -0.25) is 14.9 Å². The number of ether oxygens (including phenoxy) is 1. The van der Waals surface area contributed by atoms with Crippen molar-refractivity contribution < 1.29 is 14.5 Å². The summed E-state index contributed by atoms with van der Waals surface area (Å²) >= 11 is 11.7. The maximum atomic E-state index is 11.9. The summed E-state index contributed by atoms with van der Waals surface area (Å²) in [5, 5.41) is 11.1. The van der Waals surface area contributed by atoms with Crippen molar-refractivity contribution in [3.8, 4) is 0 Å². The lowest BCUT2D eigenvalue weighted by Gasteiger charge is -2.16. The predicted molar refractivity (Wildman–Crippen MR) is 77.4 cm³/mol. The van der Waals surface area contributed by atoms with E-state index in [2.05, 4.69) is 0 Å². The highest BCUT2D eigenvalue weighted by molar-refractivity contribution is 6.31. The highest BCUT2D eigenvalue weighted by Gasteiger charge is 2.25. The van der Waals surface area contributed by atoms with Crippen molar-refractivity contribution in [2.24, 2.45) is 0 Å². The fraction of sp³-hybridized carbons (Fsp3) is 0.462. The van der Waals surface area contributed by atoms with Crippen LogP contribution in [0.5, 0.6) is 0 Å². The van der Waals surface area contributed by atoms with Gasteiger partial charge in [-0.05, 0) is 24.5 Å². The van der Waals surface area contributed by atoms with Crippen molar-refractivity contribution in [2.75, 3.05) is 13.0 Å². The summed E-state index contributed by atoms with van der Waals surface area (Å²) in [6.07, 6.45) is 1.95. The Hall–Kier alpha value is -1.33. The van der Waals surface area contributed by atoms with E-state index in [1.807, 2.05) is 0 Å². The van der Waals surface area contributed by atoms with Crippen LogP contribution in [0.3, 0.4) is 0 Å². The summed E-state index contributed by atoms with van der Waals surface area (Å²) < 4.78 is 4.75. The Labute approximate surface area is 127 Å². The summed E-state index contributed by atoms with van der Waals surface area (Å²) in [6, 6.07) is 4.05. The fourth-order valence-corrected chi connectivity index (χ4v) is 2.34. The van der Waals surface area contributed by atoms with Crippen LogP contribution in [0, 0.1) is 10.1 Å². The summed E-state index contributed by atoms with van der Waals surface area (Å²) in [6.45, 7) is 0. The molecule has 0 aromatic heterocycles. The maximum Gasteiger partial charge on any atom is 0.313 e. The Balaban J connectivity index is 3.08. The van der Waals surface area contributed by atoms with Crippen molar-refractivity contribution in [1.29, 1.82) is 0 Å². The number of halogens is 2. The second-order valence-corrected chi connectivity index (χ2v) is 5.01. The van der Waals surface area contributed by atoms with Gasteiger partial charge >= 0.3 is 5.97 Å². The first-order chi connectivity index (χ1) is 9.51. The van der Waals surface area contributed by atoms with E-state index >= 15 is 0 Å². The van der Waals surface area contributed by atoms with Crippen LogP contribution in [0.15, 0.2) is 18.2 Å². The number of unbranched alkanes of at least 4 members (excludes halogenated alkanes) is 1. The van der Waals surface area contributed by atoms with Gasteiger partial charge in [0.2, 0.25) is 0 Å². The van der Waals surface area contributed by atoms with Crippen LogP contribution in [0.2, 0.25) is 5.02 Å². The Morgan fingerprint density at radius 1 is 1.45 bits per heavy atom. The third-order valence-electron chi connectivity index (χ3n) is 2.93. The monoisotopic (exact) mass is 319 g/mol. The zero-order chi connectivity index (χ0) is 15.1. The third-order valence-corrected chi connectivity index (χ3v) is 3.54. The van der Waals surface area contributed by atoms with E-state index in [0.29, 0.717) is 29.3 Å². The van der Waals surface area contributed by atoms with Crippen LogP contribution in [-0.4, -0.2) is 23.9 Å². The molecule has 5 nitrogen and oxygen atoms in total. The second-order valence-electron chi connectivity index (χ2n) is 4.22. The Morgan fingerprint density at radius 3 is 2.70 bits per heavy atom. The number of benzene rings is 1. The largest absolute Gasteiger partial charge is 0.469 e. The molecular formula is C13H15Cl2NO4. The zero-order valence-electron chi connectivity index (χ0n) is 11.0. The molecule has 0 aliphatic rings. The molecule has 7 heteroatoms. The molecule has 0 amide bonds. The molecule has 0 radical (unpaired) electrons. The van der Waals surface area contributed by atoms with E-state index in [9.17, 15) is 14.9 Å². The number of rotatable bonds is 7. The number of esters is 1. The third kappa shape index (κ3) is 4.35. The van der Waals surface area contributed by atoms with Gasteiger partial charge in [0.1, 0.15) is 0 Å². The number of hydrogen-bond donors (Lipinski definition) is 0. The number of methoxy groups -OCH3 is 1. The van der Waals surface area contributed by atoms with E-state index in [1.165, 1.54) is 25.3 Å². The van der Waals surface area contributed by atoms with E-state index in [4.69, 9.17) is 27.9 Å². The van der Waals surface area contributed by atoms with E-state index in [-0.39, 0.29) is 5.69 Å². The lowest BCUT2D eigenvalue weighted by Crippen LogP contribution is -2.15. The first-order valence-corrected chi connectivity index (χ1v) is 7.00. The summed E-state index contributed by atoms with van der Waals surface area (Å²) in [5.41, 5.74) is 0.318. The fourth-order valence-electron chi connectivity index (χ4n) is 1.90. The first kappa shape index (κ1) is 16.7. The van der Waals surface area contributed by atoms with E-state index < -0.39 is 16.8 Å². The Morgan fingerprint density at radius 2 is 2.15 bits per heavy atom. The minimum Gasteiger partial charge on any atom is -0.469 e. The number of carbonyl (C=O) groups excluding carboxylic acids is 1. The zero-order valence-corrected chi connectivity index (χ0v) is 12.5. The standard InChI is InChI=1S/C13H15Cl2NO4/c1-20-13(17)10(4-2-3-7-14)11-8-9(16(18)19)5-6-12(11)15/h5-6,8,10H,2-4,7H2,1H3. The van der Waals surface area contributed by atoms with Crippen LogP contribution in [0.1, 0.15) is 30.7 Å². The van der Waals surface area contributed by atoms with Gasteiger partial charge in [0.15, 0.2) is 0 Å². The van der Waals surface area contributed by atoms with Crippen molar-refractivity contribution >= 4 is 34.9 Å². The van der Waals surface area contributed by atoms with Gasteiger partial charge in [-0.1, -0.05) is 18.0 Å². The van der Waals surface area contributed by atoms with Gasteiger partial charge in [0.05, 0.1) is 18.0 Å². The van der Waals surface area contributed by atoms with Crippen LogP contribution < -0.4 is 0 Å².